The molecule has 0 aromatic carbocycles. The molecule has 6 nitrogen and oxygen atoms in total. The molecule has 0 saturated heterocycles. The molecule has 0 aliphatic carbocycles. The molecule has 1 unspecified atom stereocenters. The van der Waals surface area contributed by atoms with Crippen LogP contribution in [0.3, 0.4) is 0 Å². The van der Waals surface area contributed by atoms with Crippen molar-refractivity contribution in [2.24, 2.45) is 4.99 Å². The number of dihydropyridines is 1. The number of carboxylic acids is 1. The molecule has 1 N–H and O–H groups in total. The number of aliphatic carboxylic acids is 1. The summed E-state index contributed by atoms with van der Waals surface area (Å²) in [6.07, 6.45) is 2.58. The Kier molecular flexibility index (Phi) is 5.39. The third-order valence-corrected chi connectivity index (χ3v) is 3.51. The van der Waals surface area contributed by atoms with E-state index in [1.165, 1.54) is 23.3 Å². The Morgan fingerprint density at radius 3 is 2.52 bits per heavy atom. The van der Waals surface area contributed by atoms with Gasteiger partial charge in [0.2, 0.25) is 0 Å². The number of alkyl halides is 2. The van der Waals surface area contributed by atoms with E-state index in [0.29, 0.717) is 12.0 Å². The largest absolute Gasteiger partial charge is 0.479 e. The van der Waals surface area contributed by atoms with Crippen LogP contribution in [-0.2, 0) is 9.53 Å². The number of halogens is 2. The Bertz CT molecular complexity index is 687. The van der Waals surface area contributed by atoms with Gasteiger partial charge in [0.05, 0.1) is 0 Å². The van der Waals surface area contributed by atoms with Crippen molar-refractivity contribution in [2.75, 3.05) is 6.54 Å². The van der Waals surface area contributed by atoms with Gasteiger partial charge in [-0.25, -0.2) is 18.4 Å². The number of ether oxygens (including phenoxy) is 1. The van der Waals surface area contributed by atoms with Gasteiger partial charge in [-0.05, 0) is 44.9 Å². The highest BCUT2D eigenvalue weighted by molar-refractivity contribution is 6.08. The molecular weight excluding hydrogens is 334 g/mol. The Labute approximate surface area is 144 Å². The van der Waals surface area contributed by atoms with E-state index in [2.05, 4.69) is 4.99 Å². The van der Waals surface area contributed by atoms with Crippen LogP contribution in [0.25, 0.3) is 0 Å². The zero-order valence-corrected chi connectivity index (χ0v) is 14.2. The summed E-state index contributed by atoms with van der Waals surface area (Å²) in [5.74, 6) is -1.28. The van der Waals surface area contributed by atoms with Crippen molar-refractivity contribution in [1.29, 1.82) is 0 Å². The number of carbonyl (C=O) groups is 2. The number of rotatable bonds is 2. The van der Waals surface area contributed by atoms with Crippen LogP contribution in [0.15, 0.2) is 40.6 Å². The predicted molar refractivity (Wildman–Crippen MR) is 87.7 cm³/mol. The van der Waals surface area contributed by atoms with E-state index in [1.807, 2.05) is 0 Å². The Balaban J connectivity index is 2.23. The lowest BCUT2D eigenvalue weighted by atomic mass is 9.95. The van der Waals surface area contributed by atoms with Gasteiger partial charge in [0.25, 0.3) is 6.43 Å². The fourth-order valence-corrected chi connectivity index (χ4v) is 2.39. The average molecular weight is 354 g/mol. The van der Waals surface area contributed by atoms with E-state index < -0.39 is 35.8 Å². The van der Waals surface area contributed by atoms with E-state index in [4.69, 9.17) is 9.84 Å². The molecule has 0 aromatic rings. The van der Waals surface area contributed by atoms with Crippen molar-refractivity contribution >= 4 is 17.8 Å². The number of aliphatic imine (C=N–C) groups is 1. The van der Waals surface area contributed by atoms with Gasteiger partial charge < -0.3 is 9.84 Å². The smallest absolute Gasteiger partial charge is 0.414 e. The van der Waals surface area contributed by atoms with Gasteiger partial charge in [-0.3, -0.25) is 9.89 Å². The van der Waals surface area contributed by atoms with Crippen molar-refractivity contribution in [3.8, 4) is 0 Å². The van der Waals surface area contributed by atoms with Crippen LogP contribution in [0, 0.1) is 0 Å². The van der Waals surface area contributed by atoms with Crippen molar-refractivity contribution in [3.05, 3.63) is 35.6 Å². The highest BCUT2D eigenvalue weighted by Gasteiger charge is 2.28. The summed E-state index contributed by atoms with van der Waals surface area (Å²) in [5, 5.41) is 8.93. The van der Waals surface area contributed by atoms with Gasteiger partial charge in [0.1, 0.15) is 11.3 Å². The number of carboxylic acid groups (broad SMARTS) is 1. The number of amides is 1. The molecule has 2 heterocycles. The number of hydrogen-bond donors (Lipinski definition) is 1. The van der Waals surface area contributed by atoms with E-state index in [1.54, 1.807) is 26.8 Å². The minimum atomic E-state index is -2.88. The first-order valence-corrected chi connectivity index (χ1v) is 7.76. The van der Waals surface area contributed by atoms with Gasteiger partial charge in [0, 0.05) is 18.3 Å². The van der Waals surface area contributed by atoms with Gasteiger partial charge in [-0.2, -0.15) is 0 Å². The fourth-order valence-electron chi connectivity index (χ4n) is 2.39. The van der Waals surface area contributed by atoms with E-state index in [-0.39, 0.29) is 12.1 Å². The first kappa shape index (κ1) is 18.8. The zero-order valence-electron chi connectivity index (χ0n) is 14.2. The second-order valence-corrected chi connectivity index (χ2v) is 6.64. The predicted octanol–water partition coefficient (Wildman–Crippen LogP) is 3.17. The lowest BCUT2D eigenvalue weighted by molar-refractivity contribution is -0.137. The topological polar surface area (TPSA) is 79.2 Å². The van der Waals surface area contributed by atoms with Crippen LogP contribution in [0.5, 0.6) is 0 Å². The molecule has 0 fully saturated rings. The van der Waals surface area contributed by atoms with Crippen LogP contribution in [0.4, 0.5) is 13.6 Å². The fraction of sp³-hybridized carbons (Fsp3) is 0.471. The summed E-state index contributed by atoms with van der Waals surface area (Å²) in [5.41, 5.74) is -0.399. The number of nitrogens with zero attached hydrogens (tertiary/aromatic N) is 2. The number of hydrogen-bond acceptors (Lipinski definition) is 4. The monoisotopic (exact) mass is 354 g/mol. The van der Waals surface area contributed by atoms with Gasteiger partial charge >= 0.3 is 12.1 Å². The second kappa shape index (κ2) is 7.16. The van der Waals surface area contributed by atoms with Crippen LogP contribution in [0.1, 0.15) is 27.2 Å². The van der Waals surface area contributed by atoms with Gasteiger partial charge in [-0.15, -0.1) is 0 Å². The molecule has 25 heavy (non-hydrogen) atoms. The maximum Gasteiger partial charge on any atom is 0.414 e. The molecule has 0 aromatic heterocycles. The molecule has 0 bridgehead atoms. The molecule has 1 amide bonds. The van der Waals surface area contributed by atoms with Crippen molar-refractivity contribution in [1.82, 2.24) is 4.90 Å². The second-order valence-electron chi connectivity index (χ2n) is 6.64. The van der Waals surface area contributed by atoms with Crippen LogP contribution in [0.2, 0.25) is 0 Å². The number of allylic oxidation sites excluding steroid dienone is 3. The third-order valence-electron chi connectivity index (χ3n) is 3.51. The molecule has 136 valence electrons. The third kappa shape index (κ3) is 4.74. The highest BCUT2D eigenvalue weighted by Crippen LogP contribution is 2.25. The molecule has 0 saturated carbocycles. The maximum atomic E-state index is 13.3. The zero-order chi connectivity index (χ0) is 18.8. The Morgan fingerprint density at radius 2 is 2.04 bits per heavy atom. The summed E-state index contributed by atoms with van der Waals surface area (Å²) in [4.78, 5) is 27.9. The summed E-state index contributed by atoms with van der Waals surface area (Å²) in [6.45, 7) is 5.53. The van der Waals surface area contributed by atoms with Crippen molar-refractivity contribution < 1.29 is 28.2 Å². The van der Waals surface area contributed by atoms with Crippen molar-refractivity contribution in [3.63, 3.8) is 0 Å². The quantitative estimate of drug-likeness (QED) is 0.826. The SMILES string of the molecule is CC(C)(C)OC(=O)N1C=CC(=C2C=CC(C(=O)O)N=C2C(F)F)CC1. The van der Waals surface area contributed by atoms with E-state index in [0.717, 1.165) is 0 Å². The Hall–Kier alpha value is -2.51. The van der Waals surface area contributed by atoms with Crippen LogP contribution < -0.4 is 0 Å². The molecule has 2 aliphatic heterocycles. The standard InChI is InChI=1S/C17H20F2N2O4/c1-17(2,3)25-16(24)21-8-6-10(7-9-21)11-4-5-12(15(22)23)20-13(11)14(18)19/h4-6,8,12,14H,7,9H2,1-3H3,(H,22,23). The summed E-state index contributed by atoms with van der Waals surface area (Å²) in [6, 6.07) is -1.31. The minimum absolute atomic E-state index is 0.201. The Morgan fingerprint density at radius 1 is 1.36 bits per heavy atom. The molecule has 2 rings (SSSR count). The van der Waals surface area contributed by atoms with Gasteiger partial charge in [-0.1, -0.05) is 6.08 Å². The lowest BCUT2D eigenvalue weighted by Gasteiger charge is -2.28. The molecule has 0 spiro atoms. The number of carbonyl (C=O) groups excluding carboxylic acids is 1. The van der Waals surface area contributed by atoms with Gasteiger partial charge in [0.15, 0.2) is 6.04 Å². The first-order valence-electron chi connectivity index (χ1n) is 7.76. The molecular formula is C17H20F2N2O4. The van der Waals surface area contributed by atoms with Crippen LogP contribution in [-0.4, -0.2) is 52.4 Å². The van der Waals surface area contributed by atoms with Crippen molar-refractivity contribution in [2.45, 2.75) is 45.3 Å². The van der Waals surface area contributed by atoms with E-state index in [9.17, 15) is 18.4 Å². The van der Waals surface area contributed by atoms with E-state index >= 15 is 0 Å². The summed E-state index contributed by atoms with van der Waals surface area (Å²) in [7, 11) is 0. The minimum Gasteiger partial charge on any atom is -0.479 e. The average Bonchev–Trinajstić information content (AvgIpc) is 2.52. The molecule has 1 atom stereocenters. The molecule has 8 heteroatoms. The summed E-state index contributed by atoms with van der Waals surface area (Å²) < 4.78 is 31.8. The molecule has 2 aliphatic rings. The molecule has 0 radical (unpaired) electrons. The maximum absolute atomic E-state index is 13.3. The summed E-state index contributed by atoms with van der Waals surface area (Å²) >= 11 is 0. The van der Waals surface area contributed by atoms with Crippen LogP contribution >= 0.6 is 0 Å². The lowest BCUT2D eigenvalue weighted by Crippen LogP contribution is -2.35. The first-order chi connectivity index (χ1) is 11.6. The normalized spacial score (nSPS) is 23.7. The highest BCUT2D eigenvalue weighted by atomic mass is 19.3.